The average Bonchev–Trinajstić information content (AvgIpc) is 2.90. The largest absolute Gasteiger partial charge is 0.354 e. The maximum atomic E-state index is 13.8. The normalized spacial score (nSPS) is 12.0. The lowest BCUT2D eigenvalue weighted by molar-refractivity contribution is -0.139. The van der Waals surface area contributed by atoms with E-state index in [-0.39, 0.29) is 23.0 Å². The number of hydrogen-bond donors (Lipinski definition) is 1. The van der Waals surface area contributed by atoms with Crippen LogP contribution in [0.4, 0.5) is 5.69 Å². The topological polar surface area (TPSA) is 86.8 Å². The Bertz CT molecular complexity index is 1300. The van der Waals surface area contributed by atoms with Gasteiger partial charge in [-0.15, -0.1) is 0 Å². The van der Waals surface area contributed by atoms with Crippen LogP contribution in [0, 0.1) is 0 Å². The van der Waals surface area contributed by atoms with Gasteiger partial charge in [0.05, 0.1) is 10.6 Å². The van der Waals surface area contributed by atoms with Crippen LogP contribution in [0.5, 0.6) is 0 Å². The molecule has 1 atom stereocenters. The number of carbonyl (C=O) groups is 2. The molecule has 1 unspecified atom stereocenters. The van der Waals surface area contributed by atoms with Crippen LogP contribution >= 0.6 is 27.5 Å². The van der Waals surface area contributed by atoms with Gasteiger partial charge >= 0.3 is 0 Å². The molecule has 0 spiro atoms. The maximum absolute atomic E-state index is 13.8. The molecule has 2 amide bonds. The van der Waals surface area contributed by atoms with Crippen LogP contribution in [0.2, 0.25) is 5.02 Å². The third-order valence-corrected chi connectivity index (χ3v) is 8.28. The smallest absolute Gasteiger partial charge is 0.264 e. The average molecular weight is 607 g/mol. The van der Waals surface area contributed by atoms with Gasteiger partial charge in [0.25, 0.3) is 10.0 Å². The Kier molecular flexibility index (Phi) is 10.1. The monoisotopic (exact) mass is 605 g/mol. The first-order valence-electron chi connectivity index (χ1n) is 11.8. The first-order valence-corrected chi connectivity index (χ1v) is 14.4. The second kappa shape index (κ2) is 13.1. The van der Waals surface area contributed by atoms with Gasteiger partial charge in [-0.1, -0.05) is 64.8 Å². The molecule has 1 N–H and O–H groups in total. The van der Waals surface area contributed by atoms with Crippen LogP contribution in [0.3, 0.4) is 0 Å². The molecular formula is C27H29BrClN3O4S. The number of anilines is 1. The lowest BCUT2D eigenvalue weighted by atomic mass is 10.1. The zero-order valence-electron chi connectivity index (χ0n) is 20.6. The van der Waals surface area contributed by atoms with Gasteiger partial charge in [-0.25, -0.2) is 8.42 Å². The van der Waals surface area contributed by atoms with Gasteiger partial charge in [0.1, 0.15) is 12.6 Å². The van der Waals surface area contributed by atoms with Crippen molar-refractivity contribution >= 4 is 55.1 Å². The Morgan fingerprint density at radius 3 is 2.19 bits per heavy atom. The van der Waals surface area contributed by atoms with Crippen LogP contribution in [-0.4, -0.2) is 44.3 Å². The molecule has 0 aliphatic carbocycles. The Balaban J connectivity index is 1.99. The molecule has 0 saturated carbocycles. The van der Waals surface area contributed by atoms with Crippen LogP contribution in [0.1, 0.15) is 25.8 Å². The number of hydrogen-bond acceptors (Lipinski definition) is 4. The summed E-state index contributed by atoms with van der Waals surface area (Å²) >= 11 is 9.43. The van der Waals surface area contributed by atoms with Crippen molar-refractivity contribution in [2.45, 2.75) is 37.8 Å². The van der Waals surface area contributed by atoms with Gasteiger partial charge in [-0.3, -0.25) is 13.9 Å². The van der Waals surface area contributed by atoms with Gasteiger partial charge in [0.2, 0.25) is 11.8 Å². The molecule has 0 aromatic heterocycles. The molecule has 0 fully saturated rings. The molecule has 196 valence electrons. The number of amides is 2. The summed E-state index contributed by atoms with van der Waals surface area (Å²) in [7, 11) is -4.10. The highest BCUT2D eigenvalue weighted by atomic mass is 79.9. The number of carbonyl (C=O) groups excluding carboxylic acids is 2. The zero-order chi connectivity index (χ0) is 27.0. The van der Waals surface area contributed by atoms with Gasteiger partial charge in [-0.05, 0) is 67.4 Å². The van der Waals surface area contributed by atoms with Gasteiger partial charge in [0, 0.05) is 22.6 Å². The van der Waals surface area contributed by atoms with Crippen molar-refractivity contribution in [2.24, 2.45) is 0 Å². The molecular weight excluding hydrogens is 578 g/mol. The molecule has 0 aliphatic rings. The highest BCUT2D eigenvalue weighted by molar-refractivity contribution is 9.10. The summed E-state index contributed by atoms with van der Waals surface area (Å²) in [4.78, 5) is 28.1. The van der Waals surface area contributed by atoms with Crippen molar-refractivity contribution in [2.75, 3.05) is 17.4 Å². The summed E-state index contributed by atoms with van der Waals surface area (Å²) in [5.74, 6) is -0.826. The minimum Gasteiger partial charge on any atom is -0.354 e. The number of nitrogens with zero attached hydrogens (tertiary/aromatic N) is 2. The lowest BCUT2D eigenvalue weighted by Crippen LogP contribution is -2.51. The second-order valence-electron chi connectivity index (χ2n) is 8.42. The standard InChI is InChI=1S/C27H29BrClN3O4S/c1-3-17-30-27(34)20(2)31(18-21-9-11-22(28)12-10-21)26(33)19-32(24-15-13-23(29)14-16-24)37(35,36)25-7-5-4-6-8-25/h4-16,20H,3,17-19H2,1-2H3,(H,30,34). The fourth-order valence-corrected chi connectivity index (χ4v) is 5.45. The number of benzene rings is 3. The summed E-state index contributed by atoms with van der Waals surface area (Å²) in [6.07, 6.45) is 0.749. The molecule has 0 aliphatic heterocycles. The van der Waals surface area contributed by atoms with E-state index in [0.29, 0.717) is 11.6 Å². The van der Waals surface area contributed by atoms with E-state index in [0.717, 1.165) is 20.8 Å². The summed E-state index contributed by atoms with van der Waals surface area (Å²) in [6.45, 7) is 3.68. The van der Waals surface area contributed by atoms with Crippen molar-refractivity contribution < 1.29 is 18.0 Å². The predicted molar refractivity (Wildman–Crippen MR) is 150 cm³/mol. The summed E-state index contributed by atoms with van der Waals surface area (Å²) in [6, 6.07) is 20.7. The van der Waals surface area contributed by atoms with Crippen molar-refractivity contribution in [1.29, 1.82) is 0 Å². The third kappa shape index (κ3) is 7.56. The van der Waals surface area contributed by atoms with Crippen molar-refractivity contribution in [3.8, 4) is 0 Å². The summed E-state index contributed by atoms with van der Waals surface area (Å²) < 4.78 is 29.2. The minimum absolute atomic E-state index is 0.0472. The van der Waals surface area contributed by atoms with E-state index in [1.165, 1.54) is 17.0 Å². The first-order chi connectivity index (χ1) is 17.6. The molecule has 3 aromatic rings. The molecule has 0 saturated heterocycles. The molecule has 10 heteroatoms. The van der Waals surface area contributed by atoms with Crippen LogP contribution < -0.4 is 9.62 Å². The molecule has 0 heterocycles. The number of rotatable bonds is 11. The van der Waals surface area contributed by atoms with Crippen molar-refractivity contribution in [3.63, 3.8) is 0 Å². The third-order valence-electron chi connectivity index (χ3n) is 5.71. The quantitative estimate of drug-likeness (QED) is 0.323. The molecule has 7 nitrogen and oxygen atoms in total. The Morgan fingerprint density at radius 2 is 1.59 bits per heavy atom. The fraction of sp³-hybridized carbons (Fsp3) is 0.259. The predicted octanol–water partition coefficient (Wildman–Crippen LogP) is 5.24. The van der Waals surface area contributed by atoms with E-state index >= 15 is 0 Å². The summed E-state index contributed by atoms with van der Waals surface area (Å²) in [5, 5.41) is 3.26. The van der Waals surface area contributed by atoms with E-state index < -0.39 is 28.5 Å². The Morgan fingerprint density at radius 1 is 0.973 bits per heavy atom. The van der Waals surface area contributed by atoms with Crippen molar-refractivity contribution in [1.82, 2.24) is 10.2 Å². The van der Waals surface area contributed by atoms with Crippen molar-refractivity contribution in [3.05, 3.63) is 93.9 Å². The number of halogens is 2. The highest BCUT2D eigenvalue weighted by Gasteiger charge is 2.32. The summed E-state index contributed by atoms with van der Waals surface area (Å²) in [5.41, 5.74) is 1.09. The van der Waals surface area contributed by atoms with Crippen LogP contribution in [0.25, 0.3) is 0 Å². The molecule has 0 bridgehead atoms. The molecule has 3 aromatic carbocycles. The van der Waals surface area contributed by atoms with Crippen LogP contribution in [-0.2, 0) is 26.2 Å². The zero-order valence-corrected chi connectivity index (χ0v) is 23.8. The van der Waals surface area contributed by atoms with Gasteiger partial charge in [0.15, 0.2) is 0 Å². The van der Waals surface area contributed by atoms with E-state index in [1.807, 2.05) is 31.2 Å². The second-order valence-corrected chi connectivity index (χ2v) is 11.6. The molecule has 0 radical (unpaired) electrons. The SMILES string of the molecule is CCCNC(=O)C(C)N(Cc1ccc(Br)cc1)C(=O)CN(c1ccc(Cl)cc1)S(=O)(=O)c1ccccc1. The van der Waals surface area contributed by atoms with E-state index in [1.54, 1.807) is 49.4 Å². The van der Waals surface area contributed by atoms with Gasteiger partial charge in [-0.2, -0.15) is 0 Å². The van der Waals surface area contributed by atoms with E-state index in [4.69, 9.17) is 11.6 Å². The first kappa shape index (κ1) is 28.7. The fourth-order valence-electron chi connectivity index (χ4n) is 3.62. The lowest BCUT2D eigenvalue weighted by Gasteiger charge is -2.32. The van der Waals surface area contributed by atoms with Crippen LogP contribution in [0.15, 0.2) is 88.2 Å². The number of sulfonamides is 1. The Labute approximate surface area is 231 Å². The highest BCUT2D eigenvalue weighted by Crippen LogP contribution is 2.26. The van der Waals surface area contributed by atoms with E-state index in [2.05, 4.69) is 21.2 Å². The molecule has 3 rings (SSSR count). The van der Waals surface area contributed by atoms with Gasteiger partial charge < -0.3 is 10.2 Å². The minimum atomic E-state index is -4.10. The number of nitrogens with one attached hydrogen (secondary N) is 1. The van der Waals surface area contributed by atoms with E-state index in [9.17, 15) is 18.0 Å². The Hall–Kier alpha value is -2.88. The molecule has 37 heavy (non-hydrogen) atoms. The maximum Gasteiger partial charge on any atom is 0.264 e.